The van der Waals surface area contributed by atoms with Crippen molar-refractivity contribution in [2.45, 2.75) is 44.8 Å². The summed E-state index contributed by atoms with van der Waals surface area (Å²) < 4.78 is 2.27. The standard InChI is InChI=1S/C23H34N6S/c1-18(2)17-29-21(26-27-23(29)30-4)11-8-14-25-22(24-3)28-15-12-20(13-16-28)19-9-6-5-7-10-19/h5-7,9-10,12,18H,8,11,13-17H2,1-4H3,(H,24,25). The lowest BCUT2D eigenvalue weighted by atomic mass is 10.00. The van der Waals surface area contributed by atoms with E-state index in [0.717, 1.165) is 62.4 Å². The summed E-state index contributed by atoms with van der Waals surface area (Å²) in [6, 6.07) is 10.7. The Kier molecular flexibility index (Phi) is 8.37. The number of aromatic nitrogens is 3. The maximum absolute atomic E-state index is 4.49. The van der Waals surface area contributed by atoms with E-state index in [2.05, 4.69) is 86.5 Å². The molecular formula is C23H34N6S. The molecule has 162 valence electrons. The first-order valence-corrected chi connectivity index (χ1v) is 12.0. The number of aliphatic imine (C=N–C) groups is 1. The van der Waals surface area contributed by atoms with E-state index in [-0.39, 0.29) is 0 Å². The van der Waals surface area contributed by atoms with E-state index in [1.165, 1.54) is 11.1 Å². The molecule has 6 nitrogen and oxygen atoms in total. The summed E-state index contributed by atoms with van der Waals surface area (Å²) in [4.78, 5) is 6.81. The molecule has 2 aromatic rings. The second-order valence-electron chi connectivity index (χ2n) is 7.98. The van der Waals surface area contributed by atoms with Crippen LogP contribution in [0.25, 0.3) is 5.57 Å². The monoisotopic (exact) mass is 426 g/mol. The van der Waals surface area contributed by atoms with Gasteiger partial charge in [-0.15, -0.1) is 10.2 Å². The Balaban J connectivity index is 1.49. The Morgan fingerprint density at radius 1 is 1.23 bits per heavy atom. The third-order valence-corrected chi connectivity index (χ3v) is 5.92. The fourth-order valence-corrected chi connectivity index (χ4v) is 4.28. The van der Waals surface area contributed by atoms with Gasteiger partial charge in [0.25, 0.3) is 0 Å². The first-order valence-electron chi connectivity index (χ1n) is 10.8. The molecule has 0 saturated heterocycles. The molecule has 30 heavy (non-hydrogen) atoms. The molecule has 0 atom stereocenters. The fraction of sp³-hybridized carbons (Fsp3) is 0.522. The summed E-state index contributed by atoms with van der Waals surface area (Å²) in [7, 11) is 1.86. The maximum Gasteiger partial charge on any atom is 0.193 e. The molecule has 1 aliphatic heterocycles. The van der Waals surface area contributed by atoms with Crippen LogP contribution in [0, 0.1) is 5.92 Å². The molecule has 2 heterocycles. The van der Waals surface area contributed by atoms with Crippen LogP contribution in [0.15, 0.2) is 46.6 Å². The van der Waals surface area contributed by atoms with Gasteiger partial charge in [0, 0.05) is 39.6 Å². The van der Waals surface area contributed by atoms with Gasteiger partial charge in [-0.1, -0.05) is 62.0 Å². The molecule has 0 radical (unpaired) electrons. The van der Waals surface area contributed by atoms with Crippen molar-refractivity contribution in [2.24, 2.45) is 10.9 Å². The SMILES string of the molecule is CN=C(NCCCc1nnc(SC)n1CC(C)C)N1CC=C(c2ccccc2)CC1. The number of thioether (sulfide) groups is 1. The topological polar surface area (TPSA) is 58.3 Å². The zero-order valence-electron chi connectivity index (χ0n) is 18.6. The molecule has 7 heteroatoms. The minimum atomic E-state index is 0.579. The molecule has 0 unspecified atom stereocenters. The quantitative estimate of drug-likeness (QED) is 0.300. The zero-order valence-corrected chi connectivity index (χ0v) is 19.5. The number of hydrogen-bond donors (Lipinski definition) is 1. The van der Waals surface area contributed by atoms with Crippen LogP contribution in [0.2, 0.25) is 0 Å². The van der Waals surface area contributed by atoms with E-state index in [0.29, 0.717) is 5.92 Å². The van der Waals surface area contributed by atoms with E-state index in [9.17, 15) is 0 Å². The van der Waals surface area contributed by atoms with E-state index >= 15 is 0 Å². The molecule has 1 aromatic carbocycles. The highest BCUT2D eigenvalue weighted by molar-refractivity contribution is 7.98. The average molecular weight is 427 g/mol. The van der Waals surface area contributed by atoms with Crippen LogP contribution in [-0.2, 0) is 13.0 Å². The first kappa shape index (κ1) is 22.4. The van der Waals surface area contributed by atoms with E-state index < -0.39 is 0 Å². The van der Waals surface area contributed by atoms with Gasteiger partial charge in [0.15, 0.2) is 11.1 Å². The molecule has 1 N–H and O–H groups in total. The highest BCUT2D eigenvalue weighted by atomic mass is 32.2. The zero-order chi connectivity index (χ0) is 21.3. The van der Waals surface area contributed by atoms with Gasteiger partial charge in [-0.05, 0) is 36.2 Å². The minimum absolute atomic E-state index is 0.579. The number of aryl methyl sites for hydroxylation is 1. The predicted molar refractivity (Wildman–Crippen MR) is 127 cm³/mol. The smallest absolute Gasteiger partial charge is 0.193 e. The van der Waals surface area contributed by atoms with Crippen LogP contribution in [0.4, 0.5) is 0 Å². The number of hydrogen-bond acceptors (Lipinski definition) is 4. The van der Waals surface area contributed by atoms with Gasteiger partial charge in [-0.25, -0.2) is 0 Å². The van der Waals surface area contributed by atoms with Crippen LogP contribution in [0.3, 0.4) is 0 Å². The number of guanidine groups is 1. The summed E-state index contributed by atoms with van der Waals surface area (Å²) in [6.07, 6.45) is 7.35. The fourth-order valence-electron chi connectivity index (χ4n) is 3.76. The van der Waals surface area contributed by atoms with Crippen molar-refractivity contribution in [2.75, 3.05) is 32.9 Å². The Hall–Kier alpha value is -2.28. The van der Waals surface area contributed by atoms with Crippen LogP contribution in [0.1, 0.15) is 38.1 Å². The molecule has 1 aliphatic rings. The lowest BCUT2D eigenvalue weighted by Gasteiger charge is -2.29. The lowest BCUT2D eigenvalue weighted by Crippen LogP contribution is -2.43. The van der Waals surface area contributed by atoms with Crippen molar-refractivity contribution in [3.63, 3.8) is 0 Å². The van der Waals surface area contributed by atoms with Crippen LogP contribution in [-0.4, -0.2) is 58.6 Å². The molecule has 3 rings (SSSR count). The highest BCUT2D eigenvalue weighted by Crippen LogP contribution is 2.22. The van der Waals surface area contributed by atoms with Gasteiger partial charge in [0.2, 0.25) is 0 Å². The van der Waals surface area contributed by atoms with Gasteiger partial charge < -0.3 is 14.8 Å². The number of nitrogens with zero attached hydrogens (tertiary/aromatic N) is 5. The summed E-state index contributed by atoms with van der Waals surface area (Å²) in [5, 5.41) is 13.3. The van der Waals surface area contributed by atoms with Crippen molar-refractivity contribution < 1.29 is 0 Å². The number of nitrogens with one attached hydrogen (secondary N) is 1. The normalized spacial score (nSPS) is 14.9. The second kappa shape index (κ2) is 11.2. The molecule has 1 aromatic heterocycles. The molecule has 0 fully saturated rings. The van der Waals surface area contributed by atoms with Gasteiger partial charge in [-0.3, -0.25) is 4.99 Å². The van der Waals surface area contributed by atoms with Crippen molar-refractivity contribution in [1.82, 2.24) is 25.0 Å². The molecular weight excluding hydrogens is 392 g/mol. The summed E-state index contributed by atoms with van der Waals surface area (Å²) in [5.41, 5.74) is 2.76. The summed E-state index contributed by atoms with van der Waals surface area (Å²) in [6.45, 7) is 8.19. The van der Waals surface area contributed by atoms with Crippen molar-refractivity contribution in [1.29, 1.82) is 0 Å². The third-order valence-electron chi connectivity index (χ3n) is 5.25. The highest BCUT2D eigenvalue weighted by Gasteiger charge is 2.16. The van der Waals surface area contributed by atoms with Gasteiger partial charge >= 0.3 is 0 Å². The molecule has 0 bridgehead atoms. The second-order valence-corrected chi connectivity index (χ2v) is 8.75. The van der Waals surface area contributed by atoms with Gasteiger partial charge in [0.1, 0.15) is 5.82 Å². The van der Waals surface area contributed by atoms with Crippen LogP contribution in [0.5, 0.6) is 0 Å². The third kappa shape index (κ3) is 5.88. The predicted octanol–water partition coefficient (Wildman–Crippen LogP) is 3.95. The van der Waals surface area contributed by atoms with E-state index in [1.807, 2.05) is 7.05 Å². The molecule has 0 aliphatic carbocycles. The van der Waals surface area contributed by atoms with E-state index in [4.69, 9.17) is 0 Å². The van der Waals surface area contributed by atoms with Crippen LogP contribution >= 0.6 is 11.8 Å². The Bertz CT molecular complexity index is 856. The van der Waals surface area contributed by atoms with Crippen molar-refractivity contribution >= 4 is 23.3 Å². The lowest BCUT2D eigenvalue weighted by molar-refractivity contribution is 0.438. The van der Waals surface area contributed by atoms with Gasteiger partial charge in [0.05, 0.1) is 0 Å². The van der Waals surface area contributed by atoms with Crippen LogP contribution < -0.4 is 5.32 Å². The number of rotatable bonds is 8. The first-order chi connectivity index (χ1) is 14.6. The van der Waals surface area contributed by atoms with Crippen molar-refractivity contribution in [3.8, 4) is 0 Å². The molecule has 0 spiro atoms. The molecule has 0 saturated carbocycles. The maximum atomic E-state index is 4.49. The molecule has 0 amide bonds. The number of benzene rings is 1. The Morgan fingerprint density at radius 3 is 2.67 bits per heavy atom. The van der Waals surface area contributed by atoms with Crippen molar-refractivity contribution in [3.05, 3.63) is 47.8 Å². The van der Waals surface area contributed by atoms with Gasteiger partial charge in [-0.2, -0.15) is 0 Å². The minimum Gasteiger partial charge on any atom is -0.356 e. The summed E-state index contributed by atoms with van der Waals surface area (Å²) >= 11 is 1.67. The summed E-state index contributed by atoms with van der Waals surface area (Å²) in [5.74, 6) is 2.64. The van der Waals surface area contributed by atoms with E-state index in [1.54, 1.807) is 11.8 Å². The Labute approximate surface area is 184 Å². The average Bonchev–Trinajstić information content (AvgIpc) is 3.15. The largest absolute Gasteiger partial charge is 0.356 e. The Morgan fingerprint density at radius 2 is 2.03 bits per heavy atom.